The SMILES string of the molecule is CN=C(NCc1ccc(COC)cc1)N1CCc2ccccc21.I. The first kappa shape index (κ1) is 18.7. The molecule has 0 saturated carbocycles. The van der Waals surface area contributed by atoms with Crippen molar-refractivity contribution in [3.63, 3.8) is 0 Å². The number of hydrogen-bond acceptors (Lipinski definition) is 2. The van der Waals surface area contributed by atoms with Crippen molar-refractivity contribution >= 4 is 35.6 Å². The van der Waals surface area contributed by atoms with Crippen molar-refractivity contribution in [2.45, 2.75) is 19.6 Å². The quantitative estimate of drug-likeness (QED) is 0.452. The fourth-order valence-electron chi connectivity index (χ4n) is 2.95. The van der Waals surface area contributed by atoms with Gasteiger partial charge in [-0.1, -0.05) is 42.5 Å². The molecule has 0 amide bonds. The number of benzene rings is 2. The predicted octanol–water partition coefficient (Wildman–Crippen LogP) is 3.59. The summed E-state index contributed by atoms with van der Waals surface area (Å²) in [5, 5.41) is 3.46. The molecule has 1 aliphatic rings. The smallest absolute Gasteiger partial charge is 0.198 e. The monoisotopic (exact) mass is 437 g/mol. The molecule has 0 unspecified atom stereocenters. The molecule has 5 heteroatoms. The summed E-state index contributed by atoms with van der Waals surface area (Å²) in [5.41, 5.74) is 5.07. The highest BCUT2D eigenvalue weighted by Gasteiger charge is 2.22. The number of rotatable bonds is 4. The molecular formula is C19H24IN3O. The van der Waals surface area contributed by atoms with E-state index in [0.717, 1.165) is 25.5 Å². The number of anilines is 1. The van der Waals surface area contributed by atoms with Crippen molar-refractivity contribution in [1.29, 1.82) is 0 Å². The topological polar surface area (TPSA) is 36.9 Å². The summed E-state index contributed by atoms with van der Waals surface area (Å²) in [6.45, 7) is 2.39. The molecule has 1 heterocycles. The number of nitrogens with zero attached hydrogens (tertiary/aromatic N) is 2. The molecular weight excluding hydrogens is 413 g/mol. The molecule has 2 aromatic carbocycles. The summed E-state index contributed by atoms with van der Waals surface area (Å²) in [5.74, 6) is 0.927. The molecule has 0 radical (unpaired) electrons. The Balaban J connectivity index is 0.00000208. The van der Waals surface area contributed by atoms with Gasteiger partial charge in [0.05, 0.1) is 6.61 Å². The standard InChI is InChI=1S/C19H23N3O.HI/c1-20-19(22-12-11-17-5-3-4-6-18(17)22)21-13-15-7-9-16(10-8-15)14-23-2;/h3-10H,11-14H2,1-2H3,(H,20,21);1H. The van der Waals surface area contributed by atoms with E-state index in [4.69, 9.17) is 4.74 Å². The molecule has 24 heavy (non-hydrogen) atoms. The van der Waals surface area contributed by atoms with Gasteiger partial charge in [0.25, 0.3) is 0 Å². The van der Waals surface area contributed by atoms with Crippen LogP contribution in [0.25, 0.3) is 0 Å². The van der Waals surface area contributed by atoms with Crippen LogP contribution in [0.15, 0.2) is 53.5 Å². The van der Waals surface area contributed by atoms with E-state index in [1.807, 2.05) is 7.05 Å². The number of ether oxygens (including phenoxy) is 1. The van der Waals surface area contributed by atoms with E-state index in [1.54, 1.807) is 7.11 Å². The number of halogens is 1. The number of para-hydroxylation sites is 1. The lowest BCUT2D eigenvalue weighted by atomic mass is 10.1. The number of fused-ring (bicyclic) bond motifs is 1. The number of guanidine groups is 1. The van der Waals surface area contributed by atoms with Crippen molar-refractivity contribution < 1.29 is 4.74 Å². The van der Waals surface area contributed by atoms with Crippen LogP contribution in [0.5, 0.6) is 0 Å². The highest BCUT2D eigenvalue weighted by Crippen LogP contribution is 2.27. The van der Waals surface area contributed by atoms with Crippen LogP contribution in [0.4, 0.5) is 5.69 Å². The molecule has 0 aromatic heterocycles. The van der Waals surface area contributed by atoms with Gasteiger partial charge in [0.2, 0.25) is 0 Å². The molecule has 4 nitrogen and oxygen atoms in total. The maximum atomic E-state index is 5.14. The van der Waals surface area contributed by atoms with E-state index < -0.39 is 0 Å². The first-order valence-electron chi connectivity index (χ1n) is 7.94. The zero-order valence-corrected chi connectivity index (χ0v) is 16.5. The first-order chi connectivity index (χ1) is 11.3. The summed E-state index contributed by atoms with van der Waals surface area (Å²) in [7, 11) is 3.55. The molecule has 0 fully saturated rings. The summed E-state index contributed by atoms with van der Waals surface area (Å²) >= 11 is 0. The molecule has 0 saturated heterocycles. The molecule has 1 N–H and O–H groups in total. The van der Waals surface area contributed by atoms with E-state index in [9.17, 15) is 0 Å². The molecule has 1 aliphatic heterocycles. The van der Waals surface area contributed by atoms with Gasteiger partial charge >= 0.3 is 0 Å². The minimum Gasteiger partial charge on any atom is -0.380 e. The van der Waals surface area contributed by atoms with Crippen LogP contribution in [0, 0.1) is 0 Å². The van der Waals surface area contributed by atoms with Gasteiger partial charge in [-0.25, -0.2) is 0 Å². The predicted molar refractivity (Wildman–Crippen MR) is 110 cm³/mol. The lowest BCUT2D eigenvalue weighted by Crippen LogP contribution is -2.40. The average molecular weight is 437 g/mol. The van der Waals surface area contributed by atoms with Gasteiger partial charge in [-0.3, -0.25) is 4.99 Å². The Hall–Kier alpha value is -1.60. The Morgan fingerprint density at radius 1 is 1.12 bits per heavy atom. The van der Waals surface area contributed by atoms with E-state index in [2.05, 4.69) is 63.7 Å². The van der Waals surface area contributed by atoms with E-state index in [-0.39, 0.29) is 24.0 Å². The number of aliphatic imine (C=N–C) groups is 1. The van der Waals surface area contributed by atoms with Gasteiger partial charge < -0.3 is 15.0 Å². The highest BCUT2D eigenvalue weighted by atomic mass is 127. The number of hydrogen-bond donors (Lipinski definition) is 1. The van der Waals surface area contributed by atoms with Gasteiger partial charge in [0.15, 0.2) is 5.96 Å². The number of methoxy groups -OCH3 is 1. The van der Waals surface area contributed by atoms with Crippen LogP contribution < -0.4 is 10.2 Å². The molecule has 0 atom stereocenters. The third-order valence-corrected chi connectivity index (χ3v) is 4.14. The summed E-state index contributed by atoms with van der Waals surface area (Å²) in [6, 6.07) is 17.0. The molecule has 0 bridgehead atoms. The summed E-state index contributed by atoms with van der Waals surface area (Å²) < 4.78 is 5.14. The average Bonchev–Trinajstić information content (AvgIpc) is 3.01. The Morgan fingerprint density at radius 3 is 2.54 bits per heavy atom. The van der Waals surface area contributed by atoms with E-state index in [0.29, 0.717) is 6.61 Å². The Labute approximate surface area is 160 Å². The maximum Gasteiger partial charge on any atom is 0.198 e. The molecule has 0 aliphatic carbocycles. The van der Waals surface area contributed by atoms with Crippen molar-refractivity contribution in [3.8, 4) is 0 Å². The molecule has 0 spiro atoms. The minimum absolute atomic E-state index is 0. The van der Waals surface area contributed by atoms with Crippen LogP contribution in [-0.2, 0) is 24.3 Å². The molecule has 128 valence electrons. The van der Waals surface area contributed by atoms with Gasteiger partial charge in [-0.2, -0.15) is 0 Å². The second-order valence-corrected chi connectivity index (χ2v) is 5.68. The van der Waals surface area contributed by atoms with Crippen LogP contribution in [-0.4, -0.2) is 26.7 Å². The zero-order chi connectivity index (χ0) is 16.1. The second kappa shape index (κ2) is 9.03. The molecule has 3 rings (SSSR count). The third-order valence-electron chi connectivity index (χ3n) is 4.14. The summed E-state index contributed by atoms with van der Waals surface area (Å²) in [6.07, 6.45) is 1.07. The Kier molecular flexibility index (Phi) is 7.05. The normalized spacial score (nSPS) is 13.4. The van der Waals surface area contributed by atoms with Crippen LogP contribution >= 0.6 is 24.0 Å². The van der Waals surface area contributed by atoms with E-state index in [1.165, 1.54) is 22.4 Å². The second-order valence-electron chi connectivity index (χ2n) is 5.68. The summed E-state index contributed by atoms with van der Waals surface area (Å²) in [4.78, 5) is 6.70. The fraction of sp³-hybridized carbons (Fsp3) is 0.316. The van der Waals surface area contributed by atoms with E-state index >= 15 is 0 Å². The van der Waals surface area contributed by atoms with Gasteiger partial charge in [-0.05, 0) is 29.2 Å². The Morgan fingerprint density at radius 2 is 1.83 bits per heavy atom. The largest absolute Gasteiger partial charge is 0.380 e. The van der Waals surface area contributed by atoms with Crippen LogP contribution in [0.1, 0.15) is 16.7 Å². The van der Waals surface area contributed by atoms with Crippen LogP contribution in [0.2, 0.25) is 0 Å². The number of nitrogens with one attached hydrogen (secondary N) is 1. The minimum atomic E-state index is 0. The van der Waals surface area contributed by atoms with Crippen molar-refractivity contribution in [1.82, 2.24) is 5.32 Å². The van der Waals surface area contributed by atoms with Crippen molar-refractivity contribution in [2.24, 2.45) is 4.99 Å². The van der Waals surface area contributed by atoms with Gasteiger partial charge in [-0.15, -0.1) is 24.0 Å². The molecule has 2 aromatic rings. The Bertz CT molecular complexity index is 685. The first-order valence-corrected chi connectivity index (χ1v) is 7.94. The third kappa shape index (κ3) is 4.27. The lowest BCUT2D eigenvalue weighted by molar-refractivity contribution is 0.185. The zero-order valence-electron chi connectivity index (χ0n) is 14.2. The van der Waals surface area contributed by atoms with Crippen LogP contribution in [0.3, 0.4) is 0 Å². The maximum absolute atomic E-state index is 5.14. The fourth-order valence-corrected chi connectivity index (χ4v) is 2.95. The van der Waals surface area contributed by atoms with Crippen molar-refractivity contribution in [3.05, 3.63) is 65.2 Å². The lowest BCUT2D eigenvalue weighted by Gasteiger charge is -2.22. The van der Waals surface area contributed by atoms with Gasteiger partial charge in [0, 0.05) is 32.9 Å². The van der Waals surface area contributed by atoms with Gasteiger partial charge in [0.1, 0.15) is 0 Å². The van der Waals surface area contributed by atoms with Crippen molar-refractivity contribution in [2.75, 3.05) is 25.6 Å². The highest BCUT2D eigenvalue weighted by molar-refractivity contribution is 14.0.